The summed E-state index contributed by atoms with van der Waals surface area (Å²) < 4.78 is 2.38. The summed E-state index contributed by atoms with van der Waals surface area (Å²) in [5, 5.41) is 0. The van der Waals surface area contributed by atoms with Crippen molar-refractivity contribution in [2.75, 3.05) is 0 Å². The molecule has 0 aliphatic carbocycles. The van der Waals surface area contributed by atoms with Crippen molar-refractivity contribution in [2.24, 2.45) is 5.92 Å². The van der Waals surface area contributed by atoms with E-state index in [2.05, 4.69) is 66.3 Å². The Morgan fingerprint density at radius 1 is 0.958 bits per heavy atom. The van der Waals surface area contributed by atoms with E-state index >= 15 is 0 Å². The van der Waals surface area contributed by atoms with Crippen LogP contribution in [-0.4, -0.2) is 4.98 Å². The predicted octanol–water partition coefficient (Wildman–Crippen LogP) is 5.86. The molecule has 2 unspecified atom stereocenters. The highest BCUT2D eigenvalue weighted by Gasteiger charge is 2.25. The minimum atomic E-state index is 0.590. The van der Waals surface area contributed by atoms with E-state index < -0.39 is 0 Å². The Morgan fingerprint density at radius 2 is 1.71 bits per heavy atom. The minimum Gasteiger partial charge on any atom is -0.250 e. The largest absolute Gasteiger partial charge is 0.250 e. The Hall–Kier alpha value is -1.57. The van der Waals surface area contributed by atoms with E-state index in [1.54, 1.807) is 0 Å². The molecule has 0 saturated carbocycles. The first kappa shape index (κ1) is 18.8. The van der Waals surface area contributed by atoms with Crippen molar-refractivity contribution in [3.63, 3.8) is 0 Å². The average molecular weight is 328 g/mol. The fourth-order valence-electron chi connectivity index (χ4n) is 3.83. The third-order valence-corrected chi connectivity index (χ3v) is 5.18. The van der Waals surface area contributed by atoms with E-state index in [4.69, 9.17) is 0 Å². The Balaban J connectivity index is 1.95. The fourth-order valence-corrected chi connectivity index (χ4v) is 3.83. The van der Waals surface area contributed by atoms with E-state index in [1.165, 1.54) is 63.4 Å². The Kier molecular flexibility index (Phi) is 8.65. The van der Waals surface area contributed by atoms with Crippen LogP contribution >= 0.6 is 0 Å². The number of hydrogen-bond donors (Lipinski definition) is 1. The lowest BCUT2D eigenvalue weighted by Gasteiger charge is -2.24. The SMILES string of the molecule is CCCCCCCCC(Cc1ccccc1)C(CC)[n+]1cc[nH]c1. The first-order valence-corrected chi connectivity index (χ1v) is 9.92. The molecule has 2 heteroatoms. The molecule has 0 aliphatic heterocycles. The molecule has 0 bridgehead atoms. The van der Waals surface area contributed by atoms with Crippen LogP contribution in [0.5, 0.6) is 0 Å². The lowest BCUT2D eigenvalue weighted by atomic mass is 9.86. The van der Waals surface area contributed by atoms with Crippen LogP contribution in [0.15, 0.2) is 49.1 Å². The lowest BCUT2D eigenvalue weighted by molar-refractivity contribution is -0.729. The maximum absolute atomic E-state index is 3.22. The highest BCUT2D eigenvalue weighted by Crippen LogP contribution is 2.26. The van der Waals surface area contributed by atoms with Gasteiger partial charge < -0.3 is 0 Å². The summed E-state index contributed by atoms with van der Waals surface area (Å²) >= 11 is 0. The zero-order valence-electron chi connectivity index (χ0n) is 15.6. The molecule has 132 valence electrons. The van der Waals surface area contributed by atoms with E-state index in [0.29, 0.717) is 12.0 Å². The molecule has 24 heavy (non-hydrogen) atoms. The van der Waals surface area contributed by atoms with Gasteiger partial charge in [0.15, 0.2) is 0 Å². The minimum absolute atomic E-state index is 0.590. The molecule has 0 amide bonds. The molecule has 1 aromatic heterocycles. The molecule has 0 fully saturated rings. The van der Waals surface area contributed by atoms with Gasteiger partial charge in [-0.2, -0.15) is 0 Å². The lowest BCUT2D eigenvalue weighted by Crippen LogP contribution is -2.42. The normalized spacial score (nSPS) is 13.8. The van der Waals surface area contributed by atoms with Gasteiger partial charge in [-0.25, -0.2) is 4.57 Å². The summed E-state index contributed by atoms with van der Waals surface area (Å²) in [6.45, 7) is 4.61. The van der Waals surface area contributed by atoms with Crippen LogP contribution < -0.4 is 4.57 Å². The van der Waals surface area contributed by atoms with Crippen LogP contribution in [0.3, 0.4) is 0 Å². The van der Waals surface area contributed by atoms with Gasteiger partial charge in [-0.1, -0.05) is 82.7 Å². The van der Waals surface area contributed by atoms with Crippen molar-refractivity contribution in [2.45, 2.75) is 77.7 Å². The molecule has 0 radical (unpaired) electrons. The number of aromatic amines is 1. The van der Waals surface area contributed by atoms with E-state index in [-0.39, 0.29) is 0 Å². The monoisotopic (exact) mass is 327 g/mol. The molecule has 0 spiro atoms. The second-order valence-corrected chi connectivity index (χ2v) is 7.04. The molecule has 2 atom stereocenters. The smallest absolute Gasteiger partial charge is 0.241 e. The van der Waals surface area contributed by atoms with Crippen molar-refractivity contribution in [1.82, 2.24) is 4.98 Å². The number of benzene rings is 1. The number of hydrogen-bond acceptors (Lipinski definition) is 0. The number of nitrogens with one attached hydrogen (secondary N) is 1. The van der Waals surface area contributed by atoms with Crippen LogP contribution in [0.1, 0.15) is 76.8 Å². The summed E-state index contributed by atoms with van der Waals surface area (Å²) in [5.41, 5.74) is 1.48. The van der Waals surface area contributed by atoms with Crippen LogP contribution in [0.2, 0.25) is 0 Å². The summed E-state index contributed by atoms with van der Waals surface area (Å²) in [5.74, 6) is 0.712. The summed E-state index contributed by atoms with van der Waals surface area (Å²) in [4.78, 5) is 3.22. The second-order valence-electron chi connectivity index (χ2n) is 7.04. The van der Waals surface area contributed by atoms with Crippen molar-refractivity contribution < 1.29 is 4.57 Å². The number of H-pyrrole nitrogens is 1. The van der Waals surface area contributed by atoms with Gasteiger partial charge in [0.25, 0.3) is 0 Å². The van der Waals surface area contributed by atoms with Gasteiger partial charge in [0.05, 0.1) is 0 Å². The highest BCUT2D eigenvalue weighted by molar-refractivity contribution is 5.15. The maximum Gasteiger partial charge on any atom is 0.241 e. The van der Waals surface area contributed by atoms with E-state index in [9.17, 15) is 0 Å². The molecule has 2 aromatic rings. The zero-order valence-corrected chi connectivity index (χ0v) is 15.6. The first-order valence-electron chi connectivity index (χ1n) is 9.92. The van der Waals surface area contributed by atoms with Crippen molar-refractivity contribution in [3.05, 3.63) is 54.6 Å². The van der Waals surface area contributed by atoms with Gasteiger partial charge in [-0.05, 0) is 24.8 Å². The topological polar surface area (TPSA) is 19.7 Å². The number of rotatable bonds is 12. The molecular formula is C22H35N2+. The average Bonchev–Trinajstić information content (AvgIpc) is 3.13. The molecule has 2 rings (SSSR count). The van der Waals surface area contributed by atoms with Gasteiger partial charge in [0.2, 0.25) is 6.33 Å². The van der Waals surface area contributed by atoms with E-state index in [0.717, 1.165) is 0 Å². The Labute approximate surface area is 148 Å². The van der Waals surface area contributed by atoms with Gasteiger partial charge in [0, 0.05) is 5.92 Å². The molecule has 0 aliphatic rings. The van der Waals surface area contributed by atoms with Crippen molar-refractivity contribution in [1.29, 1.82) is 0 Å². The maximum atomic E-state index is 3.22. The molecule has 1 aromatic carbocycles. The van der Waals surface area contributed by atoms with Gasteiger partial charge in [0.1, 0.15) is 18.4 Å². The van der Waals surface area contributed by atoms with Gasteiger partial charge in [-0.3, -0.25) is 4.98 Å². The third-order valence-electron chi connectivity index (χ3n) is 5.18. The van der Waals surface area contributed by atoms with Crippen LogP contribution in [0, 0.1) is 5.92 Å². The van der Waals surface area contributed by atoms with Crippen LogP contribution in [-0.2, 0) is 6.42 Å². The van der Waals surface area contributed by atoms with Gasteiger partial charge >= 0.3 is 0 Å². The fraction of sp³-hybridized carbons (Fsp3) is 0.591. The number of unbranched alkanes of at least 4 members (excludes halogenated alkanes) is 5. The van der Waals surface area contributed by atoms with E-state index in [1.807, 2.05) is 6.20 Å². The number of imidazole rings is 1. The Morgan fingerprint density at radius 3 is 2.38 bits per heavy atom. The molecule has 1 N–H and O–H groups in total. The second kappa shape index (κ2) is 11.1. The zero-order chi connectivity index (χ0) is 17.0. The van der Waals surface area contributed by atoms with Gasteiger partial charge in [-0.15, -0.1) is 0 Å². The van der Waals surface area contributed by atoms with Crippen molar-refractivity contribution >= 4 is 0 Å². The first-order chi connectivity index (χ1) is 11.8. The molecule has 0 saturated heterocycles. The van der Waals surface area contributed by atoms with Crippen LogP contribution in [0.4, 0.5) is 0 Å². The highest BCUT2D eigenvalue weighted by atomic mass is 15.1. The molecule has 2 nitrogen and oxygen atoms in total. The Bertz CT molecular complexity index is 518. The quantitative estimate of drug-likeness (QED) is 0.372. The molecular weight excluding hydrogens is 292 g/mol. The van der Waals surface area contributed by atoms with Crippen LogP contribution in [0.25, 0.3) is 0 Å². The standard InChI is InChI=1S/C22H34N2/c1-3-5-6-7-8-12-15-21(18-20-13-10-9-11-14-20)22(4-2)24-17-16-23-19-24/h9-11,13-14,16-17,19,21-22H,3-8,12,15,18H2,1-2H3/p+1. The number of aromatic nitrogens is 2. The summed E-state index contributed by atoms with van der Waals surface area (Å²) in [6.07, 6.45) is 18.3. The number of nitrogens with zero attached hydrogens (tertiary/aromatic N) is 1. The summed E-state index contributed by atoms with van der Waals surface area (Å²) in [7, 11) is 0. The third kappa shape index (κ3) is 6.14. The van der Waals surface area contributed by atoms with Crippen molar-refractivity contribution in [3.8, 4) is 0 Å². The molecule has 1 heterocycles. The summed E-state index contributed by atoms with van der Waals surface area (Å²) in [6, 6.07) is 11.6. The predicted molar refractivity (Wildman–Crippen MR) is 102 cm³/mol.